The van der Waals surface area contributed by atoms with Gasteiger partial charge in [0.15, 0.2) is 0 Å². The number of rotatable bonds is 5. The minimum Gasteiger partial charge on any atom is -0.361 e. The molecule has 0 fully saturated rings. The molecular weight excluding hydrogens is 396 g/mol. The molecule has 0 aliphatic heterocycles. The molecule has 0 radical (unpaired) electrons. The summed E-state index contributed by atoms with van der Waals surface area (Å²) in [4.78, 5) is 35.3. The maximum absolute atomic E-state index is 13.0. The standard InChI is InChI=1S/C23H24N4O2S/c1-14-6-7-17-19(10-14)30-22-21(17)23(29)27(13-26-22)12-20(28)24-9-8-15-11-25-18-5-3-2-4-16(15)18/h2-5,11,13-14,25H,6-10,12H2,1H3,(H,24,28)/t14-/m1/s1. The van der Waals surface area contributed by atoms with Crippen molar-refractivity contribution in [2.24, 2.45) is 5.92 Å². The second-order valence-corrected chi connectivity index (χ2v) is 9.25. The van der Waals surface area contributed by atoms with Crippen LogP contribution in [0.2, 0.25) is 0 Å². The summed E-state index contributed by atoms with van der Waals surface area (Å²) in [6, 6.07) is 8.12. The lowest BCUT2D eigenvalue weighted by Gasteiger charge is -2.17. The molecule has 1 aliphatic rings. The molecule has 1 amide bonds. The largest absolute Gasteiger partial charge is 0.361 e. The van der Waals surface area contributed by atoms with Gasteiger partial charge in [0.2, 0.25) is 5.91 Å². The van der Waals surface area contributed by atoms with Gasteiger partial charge in [-0.05, 0) is 48.8 Å². The molecule has 1 atom stereocenters. The summed E-state index contributed by atoms with van der Waals surface area (Å²) >= 11 is 1.63. The van der Waals surface area contributed by atoms with Crippen LogP contribution in [0.4, 0.5) is 0 Å². The lowest BCUT2D eigenvalue weighted by atomic mass is 9.89. The number of benzene rings is 1. The van der Waals surface area contributed by atoms with Gasteiger partial charge in [0.25, 0.3) is 5.56 Å². The predicted molar refractivity (Wildman–Crippen MR) is 120 cm³/mol. The highest BCUT2D eigenvalue weighted by Crippen LogP contribution is 2.35. The van der Waals surface area contributed by atoms with E-state index in [9.17, 15) is 9.59 Å². The topological polar surface area (TPSA) is 79.8 Å². The van der Waals surface area contributed by atoms with Gasteiger partial charge in [-0.2, -0.15) is 0 Å². The molecule has 154 valence electrons. The summed E-state index contributed by atoms with van der Waals surface area (Å²) in [6.07, 6.45) is 7.27. The first-order valence-corrected chi connectivity index (χ1v) is 11.2. The first-order chi connectivity index (χ1) is 14.6. The monoisotopic (exact) mass is 420 g/mol. The molecule has 2 N–H and O–H groups in total. The smallest absolute Gasteiger partial charge is 0.262 e. The van der Waals surface area contributed by atoms with Crippen molar-refractivity contribution in [3.05, 3.63) is 63.1 Å². The average molecular weight is 421 g/mol. The van der Waals surface area contributed by atoms with Gasteiger partial charge in [-0.15, -0.1) is 11.3 Å². The third-order valence-corrected chi connectivity index (χ3v) is 7.15. The van der Waals surface area contributed by atoms with Gasteiger partial charge >= 0.3 is 0 Å². The molecule has 1 aliphatic carbocycles. The van der Waals surface area contributed by atoms with Crippen LogP contribution in [0, 0.1) is 5.92 Å². The van der Waals surface area contributed by atoms with Crippen LogP contribution in [-0.2, 0) is 30.6 Å². The van der Waals surface area contributed by atoms with E-state index < -0.39 is 0 Å². The van der Waals surface area contributed by atoms with Crippen LogP contribution in [0.15, 0.2) is 41.6 Å². The number of thiophene rings is 1. The summed E-state index contributed by atoms with van der Waals surface area (Å²) < 4.78 is 1.44. The van der Waals surface area contributed by atoms with E-state index in [1.807, 2.05) is 24.4 Å². The molecule has 7 heteroatoms. The molecule has 3 aromatic heterocycles. The van der Waals surface area contributed by atoms with Crippen LogP contribution >= 0.6 is 11.3 Å². The van der Waals surface area contributed by atoms with Crippen molar-refractivity contribution in [3.8, 4) is 0 Å². The highest BCUT2D eigenvalue weighted by molar-refractivity contribution is 7.18. The third kappa shape index (κ3) is 3.43. The van der Waals surface area contributed by atoms with Crippen LogP contribution in [-0.4, -0.2) is 27.0 Å². The Hall–Kier alpha value is -2.93. The third-order valence-electron chi connectivity index (χ3n) is 5.99. The van der Waals surface area contributed by atoms with Crippen molar-refractivity contribution >= 4 is 38.4 Å². The molecule has 0 spiro atoms. The molecule has 5 rings (SSSR count). The fraction of sp³-hybridized carbons (Fsp3) is 0.348. The van der Waals surface area contributed by atoms with Crippen LogP contribution in [0.3, 0.4) is 0 Å². The number of carbonyl (C=O) groups excluding carboxylic acids is 1. The van der Waals surface area contributed by atoms with Crippen molar-refractivity contribution in [2.75, 3.05) is 6.54 Å². The predicted octanol–water partition coefficient (Wildman–Crippen LogP) is 3.42. The van der Waals surface area contributed by atoms with Gasteiger partial charge < -0.3 is 10.3 Å². The second-order valence-electron chi connectivity index (χ2n) is 8.17. The maximum atomic E-state index is 13.0. The minimum absolute atomic E-state index is 0.00329. The molecule has 30 heavy (non-hydrogen) atoms. The van der Waals surface area contributed by atoms with Crippen molar-refractivity contribution in [2.45, 2.75) is 39.2 Å². The number of fused-ring (bicyclic) bond motifs is 4. The Labute approximate surface area is 178 Å². The van der Waals surface area contributed by atoms with Crippen molar-refractivity contribution in [3.63, 3.8) is 0 Å². The van der Waals surface area contributed by atoms with Crippen LogP contribution in [0.25, 0.3) is 21.1 Å². The molecule has 1 aromatic carbocycles. The van der Waals surface area contributed by atoms with E-state index in [1.165, 1.54) is 26.7 Å². The number of carbonyl (C=O) groups is 1. The van der Waals surface area contributed by atoms with Gasteiger partial charge in [0, 0.05) is 28.5 Å². The number of aromatic nitrogens is 3. The fourth-order valence-corrected chi connectivity index (χ4v) is 5.71. The van der Waals surface area contributed by atoms with Gasteiger partial charge in [-0.25, -0.2) is 4.98 Å². The highest BCUT2D eigenvalue weighted by atomic mass is 32.1. The SMILES string of the molecule is C[C@@H]1CCc2c(sc3ncn(CC(=O)NCCc4c[nH]c5ccccc45)c(=O)c23)C1. The van der Waals surface area contributed by atoms with E-state index in [0.29, 0.717) is 12.5 Å². The van der Waals surface area contributed by atoms with E-state index in [4.69, 9.17) is 0 Å². The van der Waals surface area contributed by atoms with Crippen molar-refractivity contribution in [1.82, 2.24) is 19.9 Å². The number of nitrogens with one attached hydrogen (secondary N) is 2. The Balaban J connectivity index is 1.28. The summed E-state index contributed by atoms with van der Waals surface area (Å²) in [6.45, 7) is 2.77. The number of hydrogen-bond donors (Lipinski definition) is 2. The second kappa shape index (κ2) is 7.72. The molecule has 0 bridgehead atoms. The van der Waals surface area contributed by atoms with Crippen LogP contribution in [0.5, 0.6) is 0 Å². The van der Waals surface area contributed by atoms with Gasteiger partial charge in [0.05, 0.1) is 11.7 Å². The Kier molecular flexibility index (Phi) is 4.90. The van der Waals surface area contributed by atoms with E-state index in [2.05, 4.69) is 28.3 Å². The normalized spacial score (nSPS) is 16.1. The highest BCUT2D eigenvalue weighted by Gasteiger charge is 2.23. The summed E-state index contributed by atoms with van der Waals surface area (Å²) in [7, 11) is 0. The zero-order valence-corrected chi connectivity index (χ0v) is 17.7. The minimum atomic E-state index is -0.171. The summed E-state index contributed by atoms with van der Waals surface area (Å²) in [5, 5.41) is 4.83. The van der Waals surface area contributed by atoms with Crippen molar-refractivity contribution in [1.29, 1.82) is 0 Å². The van der Waals surface area contributed by atoms with Gasteiger partial charge in [-0.1, -0.05) is 25.1 Å². The Morgan fingerprint density at radius 1 is 1.37 bits per heavy atom. The zero-order valence-electron chi connectivity index (χ0n) is 16.9. The Morgan fingerprint density at radius 3 is 3.13 bits per heavy atom. The molecule has 0 saturated heterocycles. The van der Waals surface area contributed by atoms with E-state index >= 15 is 0 Å². The molecule has 0 saturated carbocycles. The van der Waals surface area contributed by atoms with Crippen LogP contribution in [0.1, 0.15) is 29.3 Å². The molecule has 6 nitrogen and oxygen atoms in total. The van der Waals surface area contributed by atoms with Crippen molar-refractivity contribution < 1.29 is 4.79 Å². The van der Waals surface area contributed by atoms with E-state index in [1.54, 1.807) is 11.3 Å². The average Bonchev–Trinajstić information content (AvgIpc) is 3.31. The summed E-state index contributed by atoms with van der Waals surface area (Å²) in [5.41, 5.74) is 3.32. The number of H-pyrrole nitrogens is 1. The Bertz CT molecular complexity index is 1300. The number of aryl methyl sites for hydroxylation is 1. The quantitative estimate of drug-likeness (QED) is 0.519. The molecule has 3 heterocycles. The number of hydrogen-bond acceptors (Lipinski definition) is 4. The van der Waals surface area contributed by atoms with Crippen LogP contribution < -0.4 is 10.9 Å². The maximum Gasteiger partial charge on any atom is 0.262 e. The van der Waals surface area contributed by atoms with E-state index in [-0.39, 0.29) is 18.0 Å². The number of aromatic amines is 1. The number of para-hydroxylation sites is 1. The Morgan fingerprint density at radius 2 is 2.23 bits per heavy atom. The molecule has 4 aromatic rings. The van der Waals surface area contributed by atoms with E-state index in [0.717, 1.165) is 47.0 Å². The van der Waals surface area contributed by atoms with Gasteiger partial charge in [0.1, 0.15) is 11.4 Å². The molecule has 0 unspecified atom stereocenters. The molecular formula is C23H24N4O2S. The van der Waals surface area contributed by atoms with Gasteiger partial charge in [-0.3, -0.25) is 14.2 Å². The fourth-order valence-electron chi connectivity index (χ4n) is 4.36. The zero-order chi connectivity index (χ0) is 20.7. The first-order valence-electron chi connectivity index (χ1n) is 10.4. The first kappa shape index (κ1) is 19.1. The number of amides is 1. The lowest BCUT2D eigenvalue weighted by Crippen LogP contribution is -2.33. The summed E-state index contributed by atoms with van der Waals surface area (Å²) in [5.74, 6) is 0.478. The lowest BCUT2D eigenvalue weighted by molar-refractivity contribution is -0.121. The number of nitrogens with zero attached hydrogens (tertiary/aromatic N) is 2.